The number of amides is 1. The van der Waals surface area contributed by atoms with Gasteiger partial charge in [-0.05, 0) is 56.0 Å². The van der Waals surface area contributed by atoms with Crippen LogP contribution in [0.1, 0.15) is 36.8 Å². The molecule has 0 spiro atoms. The lowest BCUT2D eigenvalue weighted by atomic mass is 10.1. The molecule has 0 aliphatic carbocycles. The minimum absolute atomic E-state index is 0.126. The number of hydrogen-bond donors (Lipinski definition) is 1. The maximum atomic E-state index is 13.0. The monoisotopic (exact) mass is 474 g/mol. The van der Waals surface area contributed by atoms with Gasteiger partial charge in [0.05, 0.1) is 4.90 Å². The Morgan fingerprint density at radius 3 is 2.24 bits per heavy atom. The number of carbonyl (C=O) groups excluding carboxylic acids is 2. The molecular weight excluding hydrogens is 444 g/mol. The minimum atomic E-state index is -3.63. The van der Waals surface area contributed by atoms with E-state index < -0.39 is 28.5 Å². The minimum Gasteiger partial charge on any atom is -0.481 e. The lowest BCUT2D eigenvalue weighted by molar-refractivity contribution is -0.149. The molecule has 1 N–H and O–H groups in total. The van der Waals surface area contributed by atoms with Gasteiger partial charge in [0.25, 0.3) is 5.91 Å². The zero-order chi connectivity index (χ0) is 23.8. The number of nitrogens with zero attached hydrogens (tertiary/aromatic N) is 1. The molecule has 9 heteroatoms. The summed E-state index contributed by atoms with van der Waals surface area (Å²) in [4.78, 5) is 24.3. The number of sulfonamides is 1. The molecular formula is C24H30N2O6S. The second kappa shape index (κ2) is 11.3. The number of aryl methyl sites for hydroxylation is 2. The van der Waals surface area contributed by atoms with Crippen molar-refractivity contribution in [2.75, 3.05) is 31.6 Å². The molecule has 1 saturated heterocycles. The van der Waals surface area contributed by atoms with E-state index in [0.29, 0.717) is 24.5 Å². The zero-order valence-electron chi connectivity index (χ0n) is 19.0. The van der Waals surface area contributed by atoms with E-state index in [1.54, 1.807) is 12.1 Å². The molecule has 0 unspecified atom stereocenters. The van der Waals surface area contributed by atoms with Crippen LogP contribution in [0.15, 0.2) is 47.4 Å². The van der Waals surface area contributed by atoms with Crippen LogP contribution in [-0.2, 0) is 24.3 Å². The number of ether oxygens (including phenoxy) is 2. The van der Waals surface area contributed by atoms with Crippen LogP contribution in [0.3, 0.4) is 0 Å². The Morgan fingerprint density at radius 1 is 0.939 bits per heavy atom. The molecule has 3 rings (SSSR count). The van der Waals surface area contributed by atoms with Crippen molar-refractivity contribution in [2.24, 2.45) is 0 Å². The molecule has 0 atom stereocenters. The fraction of sp³-hybridized carbons (Fsp3) is 0.417. The van der Waals surface area contributed by atoms with E-state index in [2.05, 4.69) is 5.32 Å². The highest BCUT2D eigenvalue weighted by molar-refractivity contribution is 7.89. The van der Waals surface area contributed by atoms with Crippen LogP contribution >= 0.6 is 0 Å². The number of anilines is 1. The van der Waals surface area contributed by atoms with E-state index >= 15 is 0 Å². The van der Waals surface area contributed by atoms with Crippen LogP contribution in [0.5, 0.6) is 5.75 Å². The van der Waals surface area contributed by atoms with Crippen LogP contribution in [0.25, 0.3) is 0 Å². The summed E-state index contributed by atoms with van der Waals surface area (Å²) in [7, 11) is -3.63. The molecule has 2 aromatic rings. The fourth-order valence-corrected chi connectivity index (χ4v) is 5.27. The van der Waals surface area contributed by atoms with Crippen molar-refractivity contribution >= 4 is 27.6 Å². The smallest absolute Gasteiger partial charge is 0.344 e. The van der Waals surface area contributed by atoms with Gasteiger partial charge in [0.1, 0.15) is 5.75 Å². The molecule has 1 aliphatic heterocycles. The van der Waals surface area contributed by atoms with Gasteiger partial charge in [0.15, 0.2) is 13.2 Å². The van der Waals surface area contributed by atoms with Gasteiger partial charge in [0.2, 0.25) is 10.0 Å². The van der Waals surface area contributed by atoms with Crippen LogP contribution in [0, 0.1) is 13.8 Å². The molecule has 1 fully saturated rings. The van der Waals surface area contributed by atoms with Gasteiger partial charge in [-0.2, -0.15) is 4.31 Å². The number of benzene rings is 2. The summed E-state index contributed by atoms with van der Waals surface area (Å²) in [5.74, 6) is -0.633. The Morgan fingerprint density at radius 2 is 1.58 bits per heavy atom. The van der Waals surface area contributed by atoms with Crippen molar-refractivity contribution in [3.05, 3.63) is 53.6 Å². The molecule has 0 saturated carbocycles. The molecule has 0 bridgehead atoms. The SMILES string of the molecule is Cc1cccc(C)c1OCC(=O)OCC(=O)Nc1cccc(S(=O)(=O)N2CCCCCC2)c1. The molecule has 0 radical (unpaired) electrons. The molecule has 8 nitrogen and oxygen atoms in total. The van der Waals surface area contributed by atoms with Crippen LogP contribution in [0.4, 0.5) is 5.69 Å². The molecule has 178 valence electrons. The number of rotatable bonds is 8. The quantitative estimate of drug-likeness (QED) is 0.588. The van der Waals surface area contributed by atoms with E-state index in [1.807, 2.05) is 32.0 Å². The summed E-state index contributed by atoms with van der Waals surface area (Å²) in [5, 5.41) is 2.58. The average molecular weight is 475 g/mol. The number of para-hydroxylation sites is 1. The summed E-state index contributed by atoms with van der Waals surface area (Å²) in [6, 6.07) is 11.7. The van der Waals surface area contributed by atoms with Crippen molar-refractivity contribution in [1.29, 1.82) is 0 Å². The van der Waals surface area contributed by atoms with Crippen molar-refractivity contribution in [2.45, 2.75) is 44.4 Å². The van der Waals surface area contributed by atoms with Gasteiger partial charge in [-0.1, -0.05) is 37.1 Å². The number of esters is 1. The Hall–Kier alpha value is -2.91. The predicted octanol–water partition coefficient (Wildman–Crippen LogP) is 3.43. The Kier molecular flexibility index (Phi) is 8.46. The first-order valence-corrected chi connectivity index (χ1v) is 12.5. The van der Waals surface area contributed by atoms with E-state index in [1.165, 1.54) is 16.4 Å². The Labute approximate surface area is 194 Å². The van der Waals surface area contributed by atoms with Crippen LogP contribution in [-0.4, -0.2) is 50.9 Å². The van der Waals surface area contributed by atoms with Gasteiger partial charge in [-0.15, -0.1) is 0 Å². The molecule has 1 aliphatic rings. The van der Waals surface area contributed by atoms with Gasteiger partial charge in [-0.3, -0.25) is 4.79 Å². The maximum Gasteiger partial charge on any atom is 0.344 e. The standard InChI is InChI=1S/C24H30N2O6S/c1-18-9-7-10-19(2)24(18)32-17-23(28)31-16-22(27)25-20-11-8-12-21(15-20)33(29,30)26-13-5-3-4-6-14-26/h7-12,15H,3-6,13-14,16-17H2,1-2H3,(H,25,27). The highest BCUT2D eigenvalue weighted by Crippen LogP contribution is 2.23. The van der Waals surface area contributed by atoms with Crippen molar-refractivity contribution in [1.82, 2.24) is 4.31 Å². The molecule has 0 aromatic heterocycles. The number of nitrogens with one attached hydrogen (secondary N) is 1. The van der Waals surface area contributed by atoms with Crippen LogP contribution < -0.4 is 10.1 Å². The number of carbonyl (C=O) groups is 2. The zero-order valence-corrected chi connectivity index (χ0v) is 19.8. The third kappa shape index (κ3) is 6.79. The summed E-state index contributed by atoms with van der Waals surface area (Å²) >= 11 is 0. The van der Waals surface area contributed by atoms with E-state index in [4.69, 9.17) is 9.47 Å². The summed E-state index contributed by atoms with van der Waals surface area (Å²) in [6.07, 6.45) is 3.73. The summed E-state index contributed by atoms with van der Waals surface area (Å²) < 4.78 is 37.9. The maximum absolute atomic E-state index is 13.0. The second-order valence-electron chi connectivity index (χ2n) is 8.06. The largest absolute Gasteiger partial charge is 0.481 e. The van der Waals surface area contributed by atoms with E-state index in [-0.39, 0.29) is 11.5 Å². The predicted molar refractivity (Wildman–Crippen MR) is 125 cm³/mol. The van der Waals surface area contributed by atoms with Gasteiger partial charge < -0.3 is 14.8 Å². The Bertz CT molecular complexity index is 1070. The average Bonchev–Trinajstić information content (AvgIpc) is 3.08. The summed E-state index contributed by atoms with van der Waals surface area (Å²) in [5.41, 5.74) is 2.12. The van der Waals surface area contributed by atoms with E-state index in [0.717, 1.165) is 36.8 Å². The lowest BCUT2D eigenvalue weighted by Gasteiger charge is -2.20. The molecule has 1 amide bonds. The summed E-state index contributed by atoms with van der Waals surface area (Å²) in [6.45, 7) is 3.93. The second-order valence-corrected chi connectivity index (χ2v) is 10.0. The molecule has 1 heterocycles. The first-order valence-electron chi connectivity index (χ1n) is 11.0. The Balaban J connectivity index is 1.52. The third-order valence-electron chi connectivity index (χ3n) is 5.43. The third-order valence-corrected chi connectivity index (χ3v) is 7.32. The fourth-order valence-electron chi connectivity index (χ4n) is 3.71. The normalized spacial score (nSPS) is 14.8. The van der Waals surface area contributed by atoms with Crippen molar-refractivity contribution < 1.29 is 27.5 Å². The van der Waals surface area contributed by atoms with Crippen LogP contribution in [0.2, 0.25) is 0 Å². The number of hydrogen-bond acceptors (Lipinski definition) is 6. The first-order chi connectivity index (χ1) is 15.8. The highest BCUT2D eigenvalue weighted by Gasteiger charge is 2.25. The lowest BCUT2D eigenvalue weighted by Crippen LogP contribution is -2.32. The molecule has 33 heavy (non-hydrogen) atoms. The van der Waals surface area contributed by atoms with Crippen molar-refractivity contribution in [3.8, 4) is 5.75 Å². The van der Waals surface area contributed by atoms with Gasteiger partial charge in [0, 0.05) is 18.8 Å². The van der Waals surface area contributed by atoms with Gasteiger partial charge in [-0.25, -0.2) is 13.2 Å². The van der Waals surface area contributed by atoms with Crippen molar-refractivity contribution in [3.63, 3.8) is 0 Å². The highest BCUT2D eigenvalue weighted by atomic mass is 32.2. The van der Waals surface area contributed by atoms with Gasteiger partial charge >= 0.3 is 5.97 Å². The molecule has 2 aromatic carbocycles. The first kappa shape index (κ1) is 24.7. The topological polar surface area (TPSA) is 102 Å². The van der Waals surface area contributed by atoms with E-state index in [9.17, 15) is 18.0 Å².